The van der Waals surface area contributed by atoms with Gasteiger partial charge in [0.1, 0.15) is 0 Å². The third-order valence-electron chi connectivity index (χ3n) is 2.49. The molecule has 1 unspecified atom stereocenters. The van der Waals surface area contributed by atoms with Crippen LogP contribution in [0, 0.1) is 0 Å². The predicted molar refractivity (Wildman–Crippen MR) is 76.7 cm³/mol. The Kier molecular flexibility index (Phi) is 7.10. The fraction of sp³-hybridized carbons (Fsp3) is 0.267. The first kappa shape index (κ1) is 15.9. The van der Waals surface area contributed by atoms with Crippen molar-refractivity contribution in [3.63, 3.8) is 0 Å². The second-order valence-corrected chi connectivity index (χ2v) is 4.05. The summed E-state index contributed by atoms with van der Waals surface area (Å²) in [6.45, 7) is -0.432. The minimum Gasteiger partial charge on any atom is -0.491 e. The second kappa shape index (κ2) is 8.90. The highest BCUT2D eigenvalue weighted by Gasteiger charge is 2.10. The summed E-state index contributed by atoms with van der Waals surface area (Å²) in [5.74, 6) is -0.319. The van der Waals surface area contributed by atoms with E-state index in [1.165, 1.54) is 13.2 Å². The Morgan fingerprint density at radius 3 is 2.70 bits per heavy atom. The molecule has 0 heterocycles. The molecule has 1 amide bonds. The number of rotatable bonds is 7. The molecule has 5 nitrogen and oxygen atoms in total. The number of hydrogen-bond acceptors (Lipinski definition) is 4. The van der Waals surface area contributed by atoms with E-state index in [1.807, 2.05) is 36.4 Å². The fourth-order valence-corrected chi connectivity index (χ4v) is 1.41. The SMILES string of the molecule is COC(=CC=Cc1ccccc1)C(=O)NCC(O)CO. The van der Waals surface area contributed by atoms with Crippen molar-refractivity contribution in [2.45, 2.75) is 6.10 Å². The van der Waals surface area contributed by atoms with E-state index < -0.39 is 18.6 Å². The summed E-state index contributed by atoms with van der Waals surface area (Å²) in [5, 5.41) is 20.3. The van der Waals surface area contributed by atoms with E-state index in [9.17, 15) is 4.79 Å². The lowest BCUT2D eigenvalue weighted by atomic mass is 10.2. The smallest absolute Gasteiger partial charge is 0.286 e. The zero-order valence-corrected chi connectivity index (χ0v) is 11.3. The van der Waals surface area contributed by atoms with Gasteiger partial charge in [0.15, 0.2) is 5.76 Å². The quantitative estimate of drug-likeness (QED) is 0.389. The van der Waals surface area contributed by atoms with E-state index in [2.05, 4.69) is 5.32 Å². The van der Waals surface area contributed by atoms with E-state index in [0.717, 1.165) is 5.56 Å². The third kappa shape index (κ3) is 5.69. The Labute approximate surface area is 118 Å². The van der Waals surface area contributed by atoms with Crippen LogP contribution in [0.3, 0.4) is 0 Å². The topological polar surface area (TPSA) is 78.8 Å². The van der Waals surface area contributed by atoms with Crippen LogP contribution in [0.1, 0.15) is 5.56 Å². The van der Waals surface area contributed by atoms with Crippen molar-refractivity contribution in [3.8, 4) is 0 Å². The molecule has 0 fully saturated rings. The van der Waals surface area contributed by atoms with Crippen LogP contribution < -0.4 is 5.32 Å². The molecule has 0 aliphatic heterocycles. The summed E-state index contributed by atoms with van der Waals surface area (Å²) < 4.78 is 4.97. The molecule has 0 aliphatic rings. The van der Waals surface area contributed by atoms with Crippen LogP contribution in [0.25, 0.3) is 6.08 Å². The zero-order valence-electron chi connectivity index (χ0n) is 11.3. The molecular formula is C15H19NO4. The maximum absolute atomic E-state index is 11.7. The molecule has 108 valence electrons. The van der Waals surface area contributed by atoms with E-state index in [1.54, 1.807) is 6.08 Å². The summed E-state index contributed by atoms with van der Waals surface area (Å²) in [6, 6.07) is 9.64. The van der Waals surface area contributed by atoms with Gasteiger partial charge < -0.3 is 20.3 Å². The number of allylic oxidation sites excluding steroid dienone is 2. The molecule has 3 N–H and O–H groups in total. The number of hydrogen-bond donors (Lipinski definition) is 3. The number of ether oxygens (including phenoxy) is 1. The van der Waals surface area contributed by atoms with E-state index in [4.69, 9.17) is 14.9 Å². The molecule has 0 aromatic heterocycles. The van der Waals surface area contributed by atoms with Crippen molar-refractivity contribution in [2.24, 2.45) is 0 Å². The lowest BCUT2D eigenvalue weighted by Gasteiger charge is -2.10. The van der Waals surface area contributed by atoms with E-state index >= 15 is 0 Å². The number of aliphatic hydroxyl groups excluding tert-OH is 2. The molecule has 0 saturated carbocycles. The number of carbonyl (C=O) groups is 1. The van der Waals surface area contributed by atoms with Gasteiger partial charge >= 0.3 is 0 Å². The molecule has 20 heavy (non-hydrogen) atoms. The largest absolute Gasteiger partial charge is 0.491 e. The summed E-state index contributed by atoms with van der Waals surface area (Å²) >= 11 is 0. The Bertz CT molecular complexity index is 468. The molecule has 0 radical (unpaired) electrons. The van der Waals surface area contributed by atoms with Crippen molar-refractivity contribution < 1.29 is 19.7 Å². The Hall–Kier alpha value is -2.11. The average molecular weight is 277 g/mol. The second-order valence-electron chi connectivity index (χ2n) is 4.05. The fourth-order valence-electron chi connectivity index (χ4n) is 1.41. The van der Waals surface area contributed by atoms with Crippen molar-refractivity contribution in [3.05, 3.63) is 53.8 Å². The Morgan fingerprint density at radius 1 is 1.40 bits per heavy atom. The summed E-state index contributed by atoms with van der Waals surface area (Å²) in [4.78, 5) is 11.7. The monoisotopic (exact) mass is 277 g/mol. The van der Waals surface area contributed by atoms with Gasteiger partial charge in [0.05, 0.1) is 19.8 Å². The zero-order chi connectivity index (χ0) is 14.8. The summed E-state index contributed by atoms with van der Waals surface area (Å²) in [7, 11) is 1.39. The maximum Gasteiger partial charge on any atom is 0.286 e. The molecule has 1 rings (SSSR count). The minimum absolute atomic E-state index is 0.0293. The first-order valence-electron chi connectivity index (χ1n) is 6.22. The lowest BCUT2D eigenvalue weighted by Crippen LogP contribution is -2.35. The van der Waals surface area contributed by atoms with Crippen LogP contribution in [0.15, 0.2) is 48.2 Å². The predicted octanol–water partition coefficient (Wildman–Crippen LogP) is 0.699. The highest BCUT2D eigenvalue weighted by atomic mass is 16.5. The Morgan fingerprint density at radius 2 is 2.10 bits per heavy atom. The van der Waals surface area contributed by atoms with Crippen LogP contribution >= 0.6 is 0 Å². The van der Waals surface area contributed by atoms with Crippen LogP contribution in [0.2, 0.25) is 0 Å². The van der Waals surface area contributed by atoms with Crippen molar-refractivity contribution in [2.75, 3.05) is 20.3 Å². The molecule has 0 aliphatic carbocycles. The average Bonchev–Trinajstić information content (AvgIpc) is 2.49. The van der Waals surface area contributed by atoms with Crippen LogP contribution in [0.5, 0.6) is 0 Å². The molecule has 0 bridgehead atoms. The lowest BCUT2D eigenvalue weighted by molar-refractivity contribution is -0.121. The minimum atomic E-state index is -0.975. The van der Waals surface area contributed by atoms with Gasteiger partial charge in [-0.1, -0.05) is 42.5 Å². The molecule has 1 atom stereocenters. The number of aliphatic hydroxyl groups is 2. The number of amides is 1. The van der Waals surface area contributed by atoms with E-state index in [0.29, 0.717) is 0 Å². The van der Waals surface area contributed by atoms with Crippen molar-refractivity contribution in [1.82, 2.24) is 5.32 Å². The van der Waals surface area contributed by atoms with Gasteiger partial charge in [-0.2, -0.15) is 0 Å². The normalized spacial score (nSPS) is 13.2. The highest BCUT2D eigenvalue weighted by molar-refractivity contribution is 5.91. The van der Waals surface area contributed by atoms with Gasteiger partial charge in [-0.3, -0.25) is 4.79 Å². The Balaban J connectivity index is 2.58. The van der Waals surface area contributed by atoms with Gasteiger partial charge in [-0.05, 0) is 11.6 Å². The molecular weight excluding hydrogens is 258 g/mol. The molecule has 0 saturated heterocycles. The third-order valence-corrected chi connectivity index (χ3v) is 2.49. The van der Waals surface area contributed by atoms with Gasteiger partial charge in [0, 0.05) is 6.54 Å². The van der Waals surface area contributed by atoms with Gasteiger partial charge in [-0.25, -0.2) is 0 Å². The van der Waals surface area contributed by atoms with E-state index in [-0.39, 0.29) is 12.3 Å². The first-order chi connectivity index (χ1) is 9.67. The van der Waals surface area contributed by atoms with Gasteiger partial charge in [0.2, 0.25) is 0 Å². The van der Waals surface area contributed by atoms with Crippen LogP contribution in [-0.4, -0.2) is 42.5 Å². The standard InChI is InChI=1S/C15H19NO4/c1-20-14(15(19)16-10-13(18)11-17)9-5-8-12-6-3-2-4-7-12/h2-9,13,17-18H,10-11H2,1H3,(H,16,19). The summed E-state index contributed by atoms with van der Waals surface area (Å²) in [5.41, 5.74) is 1.01. The summed E-state index contributed by atoms with van der Waals surface area (Å²) in [6.07, 6.45) is 4.11. The number of carbonyl (C=O) groups excluding carboxylic acids is 1. The molecule has 1 aromatic rings. The molecule has 0 spiro atoms. The maximum atomic E-state index is 11.7. The van der Waals surface area contributed by atoms with Crippen LogP contribution in [-0.2, 0) is 9.53 Å². The van der Waals surface area contributed by atoms with Crippen LogP contribution in [0.4, 0.5) is 0 Å². The van der Waals surface area contributed by atoms with Crippen molar-refractivity contribution >= 4 is 12.0 Å². The molecule has 1 aromatic carbocycles. The number of benzene rings is 1. The number of methoxy groups -OCH3 is 1. The number of nitrogens with one attached hydrogen (secondary N) is 1. The molecule has 5 heteroatoms. The van der Waals surface area contributed by atoms with Crippen molar-refractivity contribution in [1.29, 1.82) is 0 Å². The van der Waals surface area contributed by atoms with Gasteiger partial charge in [-0.15, -0.1) is 0 Å². The first-order valence-corrected chi connectivity index (χ1v) is 6.22. The highest BCUT2D eigenvalue weighted by Crippen LogP contribution is 2.03. The van der Waals surface area contributed by atoms with Gasteiger partial charge in [0.25, 0.3) is 5.91 Å².